The van der Waals surface area contributed by atoms with E-state index in [4.69, 9.17) is 4.74 Å². The lowest BCUT2D eigenvalue weighted by Gasteiger charge is -2.41. The molecule has 2 aliphatic rings. The van der Waals surface area contributed by atoms with Crippen molar-refractivity contribution in [1.82, 2.24) is 10.2 Å². The number of likely N-dealkylation sites (N-methyl/N-ethyl adjacent to an activating group) is 1. The first-order valence-electron chi connectivity index (χ1n) is 8.46. The monoisotopic (exact) mass is 298 g/mol. The Morgan fingerprint density at radius 3 is 2.43 bits per heavy atom. The van der Waals surface area contributed by atoms with Crippen molar-refractivity contribution in [2.75, 3.05) is 26.2 Å². The van der Waals surface area contributed by atoms with Crippen LogP contribution in [0.1, 0.15) is 54.4 Å². The number of β-amino-alcohol motifs (C(OH)–C–C–N with tert-alkyl or cyclic N) is 1. The van der Waals surface area contributed by atoms with Crippen LogP contribution in [0.25, 0.3) is 0 Å². The number of aliphatic hydroxyl groups is 1. The van der Waals surface area contributed by atoms with Crippen molar-refractivity contribution in [2.45, 2.75) is 77.2 Å². The Balaban J connectivity index is 2.11. The third-order valence-corrected chi connectivity index (χ3v) is 5.20. The number of hydrogen-bond donors (Lipinski definition) is 2. The van der Waals surface area contributed by atoms with Crippen LogP contribution in [0, 0.1) is 5.92 Å². The molecule has 2 aliphatic heterocycles. The topological polar surface area (TPSA) is 44.7 Å². The van der Waals surface area contributed by atoms with Crippen LogP contribution in [0.5, 0.6) is 0 Å². The fourth-order valence-electron chi connectivity index (χ4n) is 4.39. The first-order chi connectivity index (χ1) is 9.57. The molecule has 0 aromatic carbocycles. The summed E-state index contributed by atoms with van der Waals surface area (Å²) < 4.78 is 6.36. The second-order valence-corrected chi connectivity index (χ2v) is 8.29. The predicted octanol–water partition coefficient (Wildman–Crippen LogP) is 2.01. The second-order valence-electron chi connectivity index (χ2n) is 8.29. The fraction of sp³-hybridized carbons (Fsp3) is 1.00. The molecule has 2 fully saturated rings. The van der Waals surface area contributed by atoms with E-state index in [1.54, 1.807) is 0 Å². The Hall–Kier alpha value is -0.160. The van der Waals surface area contributed by atoms with E-state index in [9.17, 15) is 5.11 Å². The first-order valence-corrected chi connectivity index (χ1v) is 8.46. The zero-order valence-corrected chi connectivity index (χ0v) is 14.7. The molecule has 0 saturated carbocycles. The summed E-state index contributed by atoms with van der Waals surface area (Å²) in [5.41, 5.74) is -0.826. The number of ether oxygens (including phenoxy) is 1. The van der Waals surface area contributed by atoms with Gasteiger partial charge in [0.25, 0.3) is 0 Å². The van der Waals surface area contributed by atoms with Crippen molar-refractivity contribution >= 4 is 0 Å². The molecular formula is C17H34N2O2. The summed E-state index contributed by atoms with van der Waals surface area (Å²) in [5, 5.41) is 14.0. The molecule has 0 aromatic rings. The van der Waals surface area contributed by atoms with E-state index in [0.717, 1.165) is 39.0 Å². The van der Waals surface area contributed by atoms with Crippen molar-refractivity contribution < 1.29 is 9.84 Å². The molecule has 4 heteroatoms. The average Bonchev–Trinajstić information content (AvgIpc) is 2.46. The lowest BCUT2D eigenvalue weighted by molar-refractivity contribution is -0.0830. The van der Waals surface area contributed by atoms with Gasteiger partial charge in [-0.25, -0.2) is 0 Å². The minimum Gasteiger partial charge on any atom is -0.389 e. The van der Waals surface area contributed by atoms with Crippen LogP contribution < -0.4 is 5.32 Å². The minimum absolute atomic E-state index is 0.139. The predicted molar refractivity (Wildman–Crippen MR) is 86.5 cm³/mol. The minimum atomic E-state index is -0.537. The van der Waals surface area contributed by atoms with E-state index in [-0.39, 0.29) is 11.2 Å². The lowest BCUT2D eigenvalue weighted by Crippen LogP contribution is -2.54. The van der Waals surface area contributed by atoms with Crippen LogP contribution in [-0.4, -0.2) is 59.0 Å². The van der Waals surface area contributed by atoms with Crippen molar-refractivity contribution in [3.05, 3.63) is 0 Å². The van der Waals surface area contributed by atoms with Crippen molar-refractivity contribution in [2.24, 2.45) is 5.92 Å². The van der Waals surface area contributed by atoms with Crippen molar-refractivity contribution in [3.8, 4) is 0 Å². The van der Waals surface area contributed by atoms with Crippen LogP contribution >= 0.6 is 0 Å². The maximum Gasteiger partial charge on any atom is 0.0790 e. The van der Waals surface area contributed by atoms with E-state index >= 15 is 0 Å². The molecule has 0 amide bonds. The summed E-state index contributed by atoms with van der Waals surface area (Å²) in [5.74, 6) is 0.432. The Kier molecular flexibility index (Phi) is 4.75. The molecule has 2 saturated heterocycles. The summed E-state index contributed by atoms with van der Waals surface area (Å²) in [6.45, 7) is 16.7. The Morgan fingerprint density at radius 1 is 1.19 bits per heavy atom. The molecule has 0 bridgehead atoms. The van der Waals surface area contributed by atoms with Crippen LogP contribution in [-0.2, 0) is 4.74 Å². The summed E-state index contributed by atoms with van der Waals surface area (Å²) in [6, 6.07) is 0.351. The van der Waals surface area contributed by atoms with Gasteiger partial charge >= 0.3 is 0 Å². The normalized spacial score (nSPS) is 39.6. The highest BCUT2D eigenvalue weighted by molar-refractivity contribution is 5.06. The SMILES string of the molecule is CCNC1C(CN2CCCC(C)(O)C2)C(C)(C)OC1(C)C. The highest BCUT2D eigenvalue weighted by atomic mass is 16.5. The van der Waals surface area contributed by atoms with Crippen molar-refractivity contribution in [1.29, 1.82) is 0 Å². The molecule has 0 spiro atoms. The summed E-state index contributed by atoms with van der Waals surface area (Å²) in [4.78, 5) is 2.42. The number of likely N-dealkylation sites (tertiary alicyclic amines) is 1. The Bertz CT molecular complexity index is 366. The summed E-state index contributed by atoms with van der Waals surface area (Å²) in [7, 11) is 0. The first kappa shape index (κ1) is 17.2. The molecule has 0 aliphatic carbocycles. The zero-order valence-electron chi connectivity index (χ0n) is 14.7. The van der Waals surface area contributed by atoms with E-state index in [0.29, 0.717) is 12.0 Å². The van der Waals surface area contributed by atoms with Gasteiger partial charge in [-0.05, 0) is 60.5 Å². The third-order valence-electron chi connectivity index (χ3n) is 5.20. The molecule has 4 nitrogen and oxygen atoms in total. The largest absolute Gasteiger partial charge is 0.389 e. The molecular weight excluding hydrogens is 264 g/mol. The molecule has 2 rings (SSSR count). The summed E-state index contributed by atoms with van der Waals surface area (Å²) >= 11 is 0. The molecule has 2 N–H and O–H groups in total. The van der Waals surface area contributed by atoms with Crippen molar-refractivity contribution in [3.63, 3.8) is 0 Å². The highest BCUT2D eigenvalue weighted by Crippen LogP contribution is 2.43. The average molecular weight is 298 g/mol. The van der Waals surface area contributed by atoms with Gasteiger partial charge in [-0.2, -0.15) is 0 Å². The van der Waals surface area contributed by atoms with Crippen LogP contribution in [0.3, 0.4) is 0 Å². The smallest absolute Gasteiger partial charge is 0.0790 e. The molecule has 124 valence electrons. The van der Waals surface area contributed by atoms with Gasteiger partial charge in [-0.15, -0.1) is 0 Å². The van der Waals surface area contributed by atoms with E-state index in [1.165, 1.54) is 0 Å². The quantitative estimate of drug-likeness (QED) is 0.833. The van der Waals surface area contributed by atoms with E-state index in [2.05, 4.69) is 44.8 Å². The molecule has 21 heavy (non-hydrogen) atoms. The standard InChI is InChI=1S/C17H34N2O2/c1-7-18-14-13(15(2,3)21-16(14,4)5)11-19-10-8-9-17(6,20)12-19/h13-14,18,20H,7-12H2,1-6H3. The van der Waals surface area contributed by atoms with E-state index < -0.39 is 5.60 Å². The number of hydrogen-bond acceptors (Lipinski definition) is 4. The van der Waals surface area contributed by atoms with Gasteiger partial charge < -0.3 is 20.1 Å². The number of nitrogens with zero attached hydrogens (tertiary/aromatic N) is 1. The lowest BCUT2D eigenvalue weighted by atomic mass is 9.81. The number of rotatable bonds is 4. The van der Waals surface area contributed by atoms with Gasteiger partial charge in [0.15, 0.2) is 0 Å². The van der Waals surface area contributed by atoms with Gasteiger partial charge in [-0.3, -0.25) is 0 Å². The highest BCUT2D eigenvalue weighted by Gasteiger charge is 2.53. The Labute approximate surface area is 130 Å². The zero-order chi connectivity index (χ0) is 15.9. The molecule has 3 unspecified atom stereocenters. The molecule has 0 aromatic heterocycles. The third kappa shape index (κ3) is 3.79. The molecule has 0 radical (unpaired) electrons. The number of nitrogens with one attached hydrogen (secondary N) is 1. The van der Waals surface area contributed by atoms with E-state index in [1.807, 2.05) is 6.92 Å². The molecule has 3 atom stereocenters. The van der Waals surface area contributed by atoms with Gasteiger partial charge in [0.1, 0.15) is 0 Å². The fourth-order valence-corrected chi connectivity index (χ4v) is 4.39. The van der Waals surface area contributed by atoms with Gasteiger partial charge in [0.2, 0.25) is 0 Å². The van der Waals surface area contributed by atoms with Gasteiger partial charge in [0.05, 0.1) is 16.8 Å². The van der Waals surface area contributed by atoms with Crippen LogP contribution in [0.4, 0.5) is 0 Å². The maximum absolute atomic E-state index is 10.3. The van der Waals surface area contributed by atoms with Crippen LogP contribution in [0.2, 0.25) is 0 Å². The second kappa shape index (κ2) is 5.80. The maximum atomic E-state index is 10.3. The van der Waals surface area contributed by atoms with Gasteiger partial charge in [-0.1, -0.05) is 6.92 Å². The molecule has 2 heterocycles. The number of piperidine rings is 1. The van der Waals surface area contributed by atoms with Crippen LogP contribution in [0.15, 0.2) is 0 Å². The summed E-state index contributed by atoms with van der Waals surface area (Å²) in [6.07, 6.45) is 1.99. The van der Waals surface area contributed by atoms with Gasteiger partial charge in [0, 0.05) is 25.0 Å². The Morgan fingerprint density at radius 2 is 1.86 bits per heavy atom.